The molecule has 0 unspecified atom stereocenters. The lowest BCUT2D eigenvalue weighted by Crippen LogP contribution is -2.17. The fourth-order valence-corrected chi connectivity index (χ4v) is 4.11. The number of nitrogens with zero attached hydrogens (tertiary/aromatic N) is 2. The van der Waals surface area contributed by atoms with Crippen LogP contribution < -0.4 is 9.88 Å². The van der Waals surface area contributed by atoms with E-state index >= 15 is 0 Å². The maximum Gasteiger partial charge on any atom is 0.344 e. The van der Waals surface area contributed by atoms with E-state index in [4.69, 9.17) is 14.6 Å². The van der Waals surface area contributed by atoms with Gasteiger partial charge in [0.15, 0.2) is 6.61 Å². The number of rotatable bonds is 10. The summed E-state index contributed by atoms with van der Waals surface area (Å²) in [6, 6.07) is 10.5. The summed E-state index contributed by atoms with van der Waals surface area (Å²) >= 11 is 0. The number of fused-ring (bicyclic) bond motifs is 1. The zero-order valence-corrected chi connectivity index (χ0v) is 20.3. The molecule has 3 rings (SSSR count). The van der Waals surface area contributed by atoms with Crippen LogP contribution in [0, 0.1) is 6.92 Å². The van der Waals surface area contributed by atoms with Gasteiger partial charge in [-0.15, -0.1) is 0 Å². The lowest BCUT2D eigenvalue weighted by atomic mass is 10.0. The van der Waals surface area contributed by atoms with Gasteiger partial charge in [0.2, 0.25) is 10.0 Å². The molecule has 178 valence electrons. The zero-order chi connectivity index (χ0) is 24.2. The van der Waals surface area contributed by atoms with Crippen molar-refractivity contribution in [1.29, 1.82) is 0 Å². The van der Waals surface area contributed by atoms with E-state index in [1.807, 2.05) is 29.7 Å². The van der Waals surface area contributed by atoms with Gasteiger partial charge in [0, 0.05) is 6.54 Å². The molecule has 3 aromatic rings. The van der Waals surface area contributed by atoms with Crippen molar-refractivity contribution in [1.82, 2.24) is 9.55 Å². The first-order chi connectivity index (χ1) is 15.6. The van der Waals surface area contributed by atoms with E-state index in [1.54, 1.807) is 6.07 Å². The number of ether oxygens (including phenoxy) is 2. The molecule has 0 aliphatic carbocycles. The third-order valence-electron chi connectivity index (χ3n) is 5.36. The number of carbonyl (C=O) groups excluding carboxylic acids is 1. The van der Waals surface area contributed by atoms with Gasteiger partial charge in [-0.25, -0.2) is 23.3 Å². The summed E-state index contributed by atoms with van der Waals surface area (Å²) in [5.74, 6) is 0.965. The van der Waals surface area contributed by atoms with E-state index in [-0.39, 0.29) is 24.0 Å². The van der Waals surface area contributed by atoms with Crippen LogP contribution in [-0.4, -0.2) is 30.5 Å². The highest BCUT2D eigenvalue weighted by molar-refractivity contribution is 7.89. The van der Waals surface area contributed by atoms with E-state index in [9.17, 15) is 13.2 Å². The zero-order valence-electron chi connectivity index (χ0n) is 19.5. The molecule has 33 heavy (non-hydrogen) atoms. The van der Waals surface area contributed by atoms with Crippen LogP contribution in [0.15, 0.2) is 41.3 Å². The number of benzene rings is 2. The van der Waals surface area contributed by atoms with Crippen molar-refractivity contribution in [2.75, 3.05) is 6.61 Å². The van der Waals surface area contributed by atoms with Gasteiger partial charge in [-0.3, -0.25) is 0 Å². The van der Waals surface area contributed by atoms with E-state index in [1.165, 1.54) is 12.1 Å². The Morgan fingerprint density at radius 2 is 1.94 bits per heavy atom. The Hall–Kier alpha value is -2.91. The SMILES string of the molecule is CCCCn1c(COC(=O)COc2cc(C)ccc2C(C)C)nc2cc(S(N)(=O)=O)ccc21. The van der Waals surface area contributed by atoms with Gasteiger partial charge in [0.1, 0.15) is 18.2 Å². The molecule has 0 bridgehead atoms. The maximum absolute atomic E-state index is 12.4. The van der Waals surface area contributed by atoms with Gasteiger partial charge in [-0.1, -0.05) is 39.3 Å². The van der Waals surface area contributed by atoms with Crippen molar-refractivity contribution in [2.24, 2.45) is 5.14 Å². The van der Waals surface area contributed by atoms with Crippen LogP contribution in [0.1, 0.15) is 56.5 Å². The highest BCUT2D eigenvalue weighted by Crippen LogP contribution is 2.27. The van der Waals surface area contributed by atoms with Crippen LogP contribution >= 0.6 is 0 Å². The summed E-state index contributed by atoms with van der Waals surface area (Å²) in [5.41, 5.74) is 3.33. The number of unbranched alkanes of at least 4 members (excludes halogenated alkanes) is 1. The molecule has 8 nitrogen and oxygen atoms in total. The molecule has 1 aromatic heterocycles. The first-order valence-corrected chi connectivity index (χ1v) is 12.6. The third kappa shape index (κ3) is 6.11. The van der Waals surface area contributed by atoms with Gasteiger partial charge < -0.3 is 14.0 Å². The first kappa shape index (κ1) is 24.7. The van der Waals surface area contributed by atoms with Crippen LogP contribution in [0.4, 0.5) is 0 Å². The highest BCUT2D eigenvalue weighted by Gasteiger charge is 2.17. The molecule has 0 amide bonds. The predicted octanol–water partition coefficient (Wildman–Crippen LogP) is 4.04. The van der Waals surface area contributed by atoms with Crippen molar-refractivity contribution < 1.29 is 22.7 Å². The maximum atomic E-state index is 12.4. The molecule has 0 aliphatic rings. The van der Waals surface area contributed by atoms with Gasteiger partial charge in [-0.05, 0) is 54.7 Å². The summed E-state index contributed by atoms with van der Waals surface area (Å²) in [4.78, 5) is 16.9. The molecule has 0 radical (unpaired) electrons. The smallest absolute Gasteiger partial charge is 0.344 e. The normalized spacial score (nSPS) is 11.8. The van der Waals surface area contributed by atoms with Gasteiger partial charge in [-0.2, -0.15) is 0 Å². The van der Waals surface area contributed by atoms with Crippen molar-refractivity contribution in [3.8, 4) is 5.75 Å². The number of aromatic nitrogens is 2. The van der Waals surface area contributed by atoms with Crippen LogP contribution in [-0.2, 0) is 32.7 Å². The molecule has 0 fully saturated rings. The fourth-order valence-electron chi connectivity index (χ4n) is 3.58. The van der Waals surface area contributed by atoms with Crippen molar-refractivity contribution >= 4 is 27.0 Å². The Morgan fingerprint density at radius 3 is 2.61 bits per heavy atom. The van der Waals surface area contributed by atoms with Crippen LogP contribution in [0.3, 0.4) is 0 Å². The third-order valence-corrected chi connectivity index (χ3v) is 6.27. The number of aryl methyl sites for hydroxylation is 2. The fraction of sp³-hybridized carbons (Fsp3) is 0.417. The van der Waals surface area contributed by atoms with Crippen LogP contribution in [0.25, 0.3) is 11.0 Å². The summed E-state index contributed by atoms with van der Waals surface area (Å²) in [7, 11) is -3.84. The van der Waals surface area contributed by atoms with Gasteiger partial charge >= 0.3 is 5.97 Å². The van der Waals surface area contributed by atoms with E-state index in [0.717, 1.165) is 29.5 Å². The quantitative estimate of drug-likeness (QED) is 0.445. The molecule has 0 atom stereocenters. The molecule has 2 aromatic carbocycles. The minimum Gasteiger partial charge on any atom is -0.482 e. The Morgan fingerprint density at radius 1 is 1.18 bits per heavy atom. The number of esters is 1. The van der Waals surface area contributed by atoms with E-state index in [2.05, 4.69) is 25.8 Å². The Bertz CT molecular complexity index is 1250. The number of hydrogen-bond acceptors (Lipinski definition) is 6. The van der Waals surface area contributed by atoms with Crippen molar-refractivity contribution in [3.63, 3.8) is 0 Å². The molecule has 0 saturated carbocycles. The largest absolute Gasteiger partial charge is 0.482 e. The Kier molecular flexibility index (Phi) is 7.76. The number of sulfonamides is 1. The number of imidazole rings is 1. The number of carbonyl (C=O) groups is 1. The first-order valence-electron chi connectivity index (χ1n) is 11.0. The standard InChI is InChI=1S/C24H31N3O5S/c1-5-6-11-27-21-10-8-18(33(25,29)30)13-20(21)26-23(27)14-32-24(28)15-31-22-12-17(4)7-9-19(22)16(2)3/h7-10,12-13,16H,5-6,11,14-15H2,1-4H3,(H2,25,29,30). The van der Waals surface area contributed by atoms with E-state index in [0.29, 0.717) is 23.6 Å². The average Bonchev–Trinajstić information content (AvgIpc) is 3.10. The second-order valence-corrected chi connectivity index (χ2v) is 9.94. The second kappa shape index (κ2) is 10.4. The van der Waals surface area contributed by atoms with Crippen LogP contribution in [0.2, 0.25) is 0 Å². The highest BCUT2D eigenvalue weighted by atomic mass is 32.2. The molecular weight excluding hydrogens is 442 g/mol. The minimum atomic E-state index is -3.84. The van der Waals surface area contributed by atoms with Gasteiger partial charge in [0.25, 0.3) is 0 Å². The van der Waals surface area contributed by atoms with Crippen molar-refractivity contribution in [3.05, 3.63) is 53.3 Å². The average molecular weight is 474 g/mol. The summed E-state index contributed by atoms with van der Waals surface area (Å²) in [5, 5.41) is 5.25. The number of primary sulfonamides is 1. The number of nitrogens with two attached hydrogens (primary N) is 1. The summed E-state index contributed by atoms with van der Waals surface area (Å²) in [6.45, 7) is 8.59. The lowest BCUT2D eigenvalue weighted by Gasteiger charge is -2.14. The molecule has 0 saturated heterocycles. The van der Waals surface area contributed by atoms with E-state index < -0.39 is 16.0 Å². The molecule has 2 N–H and O–H groups in total. The van der Waals surface area contributed by atoms with Gasteiger partial charge in [0.05, 0.1) is 15.9 Å². The minimum absolute atomic E-state index is 0.00815. The number of hydrogen-bond donors (Lipinski definition) is 1. The lowest BCUT2D eigenvalue weighted by molar-refractivity contribution is -0.147. The molecule has 1 heterocycles. The topological polar surface area (TPSA) is 114 Å². The molecule has 0 spiro atoms. The molecular formula is C24H31N3O5S. The summed E-state index contributed by atoms with van der Waals surface area (Å²) in [6.07, 6.45) is 1.87. The Labute approximate surface area is 194 Å². The Balaban J connectivity index is 1.74. The molecule has 9 heteroatoms. The predicted molar refractivity (Wildman–Crippen MR) is 127 cm³/mol. The second-order valence-electron chi connectivity index (χ2n) is 8.37. The van der Waals surface area contributed by atoms with Crippen molar-refractivity contribution in [2.45, 2.75) is 64.5 Å². The van der Waals surface area contributed by atoms with Crippen LogP contribution in [0.5, 0.6) is 5.75 Å². The monoisotopic (exact) mass is 473 g/mol. The molecule has 0 aliphatic heterocycles. The summed E-state index contributed by atoms with van der Waals surface area (Å²) < 4.78 is 36.5.